The summed E-state index contributed by atoms with van der Waals surface area (Å²) in [7, 11) is 0. The summed E-state index contributed by atoms with van der Waals surface area (Å²) in [6.45, 7) is 0. The topological polar surface area (TPSA) is 37.3 Å². The summed E-state index contributed by atoms with van der Waals surface area (Å²) < 4.78 is 26.7. The van der Waals surface area contributed by atoms with E-state index in [4.69, 9.17) is 16.7 Å². The Morgan fingerprint density at radius 2 is 1.78 bits per heavy atom. The molecular weight excluding hydrogens is 262 g/mol. The summed E-state index contributed by atoms with van der Waals surface area (Å²) in [4.78, 5) is 11.0. The molecule has 0 atom stereocenters. The third kappa shape index (κ3) is 2.33. The number of carboxylic acid groups (broad SMARTS) is 1. The molecule has 0 radical (unpaired) electrons. The predicted molar refractivity (Wildman–Crippen MR) is 63.8 cm³/mol. The van der Waals surface area contributed by atoms with Crippen LogP contribution in [-0.2, 0) is 0 Å². The summed E-state index contributed by atoms with van der Waals surface area (Å²) in [5, 5.41) is 9.27. The zero-order chi connectivity index (χ0) is 13.3. The highest BCUT2D eigenvalue weighted by Crippen LogP contribution is 2.29. The van der Waals surface area contributed by atoms with Gasteiger partial charge in [0.1, 0.15) is 11.6 Å². The maximum atomic E-state index is 13.6. The maximum absolute atomic E-state index is 13.6. The fourth-order valence-corrected chi connectivity index (χ4v) is 1.80. The van der Waals surface area contributed by atoms with Gasteiger partial charge in [-0.2, -0.15) is 0 Å². The van der Waals surface area contributed by atoms with E-state index in [1.165, 1.54) is 18.2 Å². The first-order valence-corrected chi connectivity index (χ1v) is 5.35. The van der Waals surface area contributed by atoms with Crippen LogP contribution >= 0.6 is 11.6 Å². The van der Waals surface area contributed by atoms with Crippen molar-refractivity contribution < 1.29 is 18.7 Å². The maximum Gasteiger partial charge on any atom is 0.336 e. The molecule has 18 heavy (non-hydrogen) atoms. The first-order valence-electron chi connectivity index (χ1n) is 4.97. The van der Waals surface area contributed by atoms with Crippen molar-refractivity contribution >= 4 is 17.6 Å². The highest BCUT2D eigenvalue weighted by molar-refractivity contribution is 6.31. The van der Waals surface area contributed by atoms with Gasteiger partial charge in [0.25, 0.3) is 0 Å². The van der Waals surface area contributed by atoms with E-state index in [0.29, 0.717) is 0 Å². The molecule has 0 amide bonds. The molecule has 0 bridgehead atoms. The molecule has 92 valence electrons. The number of aromatic carboxylic acids is 1. The normalized spacial score (nSPS) is 10.4. The lowest BCUT2D eigenvalue weighted by Gasteiger charge is -2.08. The zero-order valence-corrected chi connectivity index (χ0v) is 9.71. The minimum atomic E-state index is -1.23. The van der Waals surface area contributed by atoms with Gasteiger partial charge < -0.3 is 5.11 Å². The first-order chi connectivity index (χ1) is 8.49. The molecule has 0 saturated carbocycles. The van der Waals surface area contributed by atoms with E-state index >= 15 is 0 Å². The standard InChI is InChI=1S/C13H7ClF2O2/c14-7-1-3-9(13(17)18)10(5-7)11-6-8(15)2-4-12(11)16/h1-6H,(H,17,18). The highest BCUT2D eigenvalue weighted by atomic mass is 35.5. The van der Waals surface area contributed by atoms with Crippen LogP contribution in [0.1, 0.15) is 10.4 Å². The largest absolute Gasteiger partial charge is 0.478 e. The van der Waals surface area contributed by atoms with Gasteiger partial charge >= 0.3 is 5.97 Å². The summed E-state index contributed by atoms with van der Waals surface area (Å²) in [5.41, 5.74) is -0.217. The summed E-state index contributed by atoms with van der Waals surface area (Å²) in [6, 6.07) is 6.77. The van der Waals surface area contributed by atoms with E-state index in [1.807, 2.05) is 0 Å². The Hall–Kier alpha value is -1.94. The molecule has 0 fully saturated rings. The minimum Gasteiger partial charge on any atom is -0.478 e. The van der Waals surface area contributed by atoms with E-state index < -0.39 is 17.6 Å². The average Bonchev–Trinajstić information content (AvgIpc) is 2.31. The van der Waals surface area contributed by atoms with Crippen molar-refractivity contribution in [2.45, 2.75) is 0 Å². The number of carboxylic acids is 1. The Balaban J connectivity index is 2.73. The molecule has 0 spiro atoms. The van der Waals surface area contributed by atoms with Crippen LogP contribution in [0.2, 0.25) is 5.02 Å². The van der Waals surface area contributed by atoms with Crippen LogP contribution < -0.4 is 0 Å². The second-order valence-corrected chi connectivity index (χ2v) is 4.06. The molecule has 0 aliphatic carbocycles. The van der Waals surface area contributed by atoms with Crippen molar-refractivity contribution in [1.29, 1.82) is 0 Å². The SMILES string of the molecule is O=C(O)c1ccc(Cl)cc1-c1cc(F)ccc1F. The number of rotatable bonds is 2. The Morgan fingerprint density at radius 1 is 1.06 bits per heavy atom. The van der Waals surface area contributed by atoms with Crippen LogP contribution in [-0.4, -0.2) is 11.1 Å². The average molecular weight is 269 g/mol. The van der Waals surface area contributed by atoms with Gasteiger partial charge in [-0.3, -0.25) is 0 Å². The van der Waals surface area contributed by atoms with Crippen molar-refractivity contribution in [3.8, 4) is 11.1 Å². The van der Waals surface area contributed by atoms with E-state index in [1.54, 1.807) is 0 Å². The smallest absolute Gasteiger partial charge is 0.336 e. The lowest BCUT2D eigenvalue weighted by atomic mass is 9.99. The molecule has 1 N–H and O–H groups in total. The van der Waals surface area contributed by atoms with E-state index in [9.17, 15) is 13.6 Å². The molecule has 5 heteroatoms. The highest BCUT2D eigenvalue weighted by Gasteiger charge is 2.15. The van der Waals surface area contributed by atoms with Crippen molar-refractivity contribution in [3.05, 3.63) is 58.6 Å². The molecule has 0 saturated heterocycles. The number of benzene rings is 2. The number of hydrogen-bond acceptors (Lipinski definition) is 1. The Kier molecular flexibility index (Phi) is 3.30. The fraction of sp³-hybridized carbons (Fsp3) is 0. The molecule has 2 nitrogen and oxygen atoms in total. The van der Waals surface area contributed by atoms with Gasteiger partial charge in [-0.1, -0.05) is 11.6 Å². The van der Waals surface area contributed by atoms with Crippen LogP contribution in [0.3, 0.4) is 0 Å². The second-order valence-electron chi connectivity index (χ2n) is 3.62. The van der Waals surface area contributed by atoms with E-state index in [0.717, 1.165) is 18.2 Å². The third-order valence-corrected chi connectivity index (χ3v) is 2.67. The second kappa shape index (κ2) is 4.74. The van der Waals surface area contributed by atoms with Crippen LogP contribution in [0.25, 0.3) is 11.1 Å². The van der Waals surface area contributed by atoms with E-state index in [-0.39, 0.29) is 21.7 Å². The fourth-order valence-electron chi connectivity index (χ4n) is 1.63. The van der Waals surface area contributed by atoms with Gasteiger partial charge in [-0.05, 0) is 36.4 Å². The molecule has 2 aromatic carbocycles. The van der Waals surface area contributed by atoms with Crippen molar-refractivity contribution in [1.82, 2.24) is 0 Å². The van der Waals surface area contributed by atoms with Gasteiger partial charge in [-0.25, -0.2) is 13.6 Å². The predicted octanol–water partition coefficient (Wildman–Crippen LogP) is 3.98. The number of halogens is 3. The molecule has 0 heterocycles. The molecular formula is C13H7ClF2O2. The Labute approximate surface area is 106 Å². The van der Waals surface area contributed by atoms with Crippen LogP contribution in [0.4, 0.5) is 8.78 Å². The molecule has 0 unspecified atom stereocenters. The molecule has 2 aromatic rings. The zero-order valence-electron chi connectivity index (χ0n) is 8.95. The quantitative estimate of drug-likeness (QED) is 0.894. The Bertz CT molecular complexity index is 626. The first kappa shape index (κ1) is 12.5. The lowest BCUT2D eigenvalue weighted by molar-refractivity contribution is 0.0697. The molecule has 0 aliphatic heterocycles. The summed E-state index contributed by atoms with van der Waals surface area (Å²) in [6.07, 6.45) is 0. The monoisotopic (exact) mass is 268 g/mol. The van der Waals surface area contributed by atoms with Gasteiger partial charge in [0.15, 0.2) is 0 Å². The van der Waals surface area contributed by atoms with Crippen molar-refractivity contribution in [2.75, 3.05) is 0 Å². The molecule has 0 aromatic heterocycles. The lowest BCUT2D eigenvalue weighted by Crippen LogP contribution is -2.00. The summed E-state index contributed by atoms with van der Waals surface area (Å²) >= 11 is 5.75. The van der Waals surface area contributed by atoms with Crippen molar-refractivity contribution in [2.24, 2.45) is 0 Å². The van der Waals surface area contributed by atoms with Gasteiger partial charge in [0.2, 0.25) is 0 Å². The molecule has 2 rings (SSSR count). The van der Waals surface area contributed by atoms with Crippen LogP contribution in [0, 0.1) is 11.6 Å². The van der Waals surface area contributed by atoms with Gasteiger partial charge in [0, 0.05) is 16.1 Å². The van der Waals surface area contributed by atoms with Crippen LogP contribution in [0.15, 0.2) is 36.4 Å². The molecule has 0 aliphatic rings. The van der Waals surface area contributed by atoms with E-state index in [2.05, 4.69) is 0 Å². The number of carbonyl (C=O) groups is 1. The summed E-state index contributed by atoms with van der Waals surface area (Å²) in [5.74, 6) is -2.59. The number of hydrogen-bond donors (Lipinski definition) is 1. The third-order valence-electron chi connectivity index (χ3n) is 2.43. The Morgan fingerprint density at radius 3 is 2.44 bits per heavy atom. The van der Waals surface area contributed by atoms with Gasteiger partial charge in [0.05, 0.1) is 5.56 Å². The van der Waals surface area contributed by atoms with Crippen molar-refractivity contribution in [3.63, 3.8) is 0 Å². The minimum absolute atomic E-state index is 0.0481. The van der Waals surface area contributed by atoms with Gasteiger partial charge in [-0.15, -0.1) is 0 Å². The van der Waals surface area contributed by atoms with Crippen LogP contribution in [0.5, 0.6) is 0 Å².